The first-order chi connectivity index (χ1) is 20.8. The zero-order valence-electron chi connectivity index (χ0n) is 24.5. The average molecular weight is 650 g/mol. The molecule has 4 rings (SSSR count). The standard InChI is InChI=1S/C32H35ClF3N3O4S/c1-22-12-15-27(16-13-22)44(42,43)39(26-14-17-29(33)28(20-26)32(34,35)36)21-30(40)38(19-18-24-8-4-3-5-9-24)23(2)31(41)37-25-10-6-7-11-25/h3-5,8-9,12-17,20,23,25H,6-7,10-11,18-19,21H2,1-2H3,(H,37,41)/t23-/m0/s1. The SMILES string of the molecule is Cc1ccc(S(=O)(=O)N(CC(=O)N(CCc2ccccc2)[C@@H](C)C(=O)NC2CCCC2)c2ccc(Cl)c(C(F)(F)F)c2)cc1. The molecular formula is C32H35ClF3N3O4S. The maximum Gasteiger partial charge on any atom is 0.417 e. The molecule has 2 amide bonds. The molecule has 1 atom stereocenters. The molecule has 0 unspecified atom stereocenters. The van der Waals surface area contributed by atoms with Crippen LogP contribution in [0.5, 0.6) is 0 Å². The molecule has 0 bridgehead atoms. The fourth-order valence-electron chi connectivity index (χ4n) is 5.21. The van der Waals surface area contributed by atoms with Gasteiger partial charge in [0, 0.05) is 12.6 Å². The van der Waals surface area contributed by atoms with E-state index < -0.39 is 45.3 Å². The molecule has 1 aliphatic carbocycles. The Morgan fingerprint density at radius 2 is 1.64 bits per heavy atom. The van der Waals surface area contributed by atoms with Gasteiger partial charge in [0.25, 0.3) is 10.0 Å². The molecule has 7 nitrogen and oxygen atoms in total. The van der Waals surface area contributed by atoms with Crippen LogP contribution in [-0.4, -0.2) is 50.3 Å². The lowest BCUT2D eigenvalue weighted by Gasteiger charge is -2.32. The first-order valence-electron chi connectivity index (χ1n) is 14.4. The highest BCUT2D eigenvalue weighted by Crippen LogP contribution is 2.38. The van der Waals surface area contributed by atoms with Gasteiger partial charge in [-0.3, -0.25) is 13.9 Å². The summed E-state index contributed by atoms with van der Waals surface area (Å²) in [6.07, 6.45) is -0.859. The van der Waals surface area contributed by atoms with E-state index in [-0.39, 0.29) is 29.1 Å². The summed E-state index contributed by atoms with van der Waals surface area (Å²) in [5, 5.41) is 2.38. The highest BCUT2D eigenvalue weighted by molar-refractivity contribution is 7.92. The zero-order chi connectivity index (χ0) is 32.1. The lowest BCUT2D eigenvalue weighted by molar-refractivity contribution is -0.139. The highest BCUT2D eigenvalue weighted by atomic mass is 35.5. The number of aryl methyl sites for hydroxylation is 1. The fraction of sp³-hybridized carbons (Fsp3) is 0.375. The number of nitrogens with zero attached hydrogens (tertiary/aromatic N) is 2. The van der Waals surface area contributed by atoms with E-state index in [1.54, 1.807) is 26.0 Å². The number of anilines is 1. The monoisotopic (exact) mass is 649 g/mol. The summed E-state index contributed by atoms with van der Waals surface area (Å²) in [5.41, 5.74) is 0.0390. The van der Waals surface area contributed by atoms with Gasteiger partial charge in [0.15, 0.2) is 0 Å². The Bertz CT molecular complexity index is 1560. The molecule has 0 heterocycles. The largest absolute Gasteiger partial charge is 0.417 e. The van der Waals surface area contributed by atoms with Crippen molar-refractivity contribution in [1.82, 2.24) is 10.2 Å². The van der Waals surface area contributed by atoms with Crippen LogP contribution in [0.1, 0.15) is 49.3 Å². The van der Waals surface area contributed by atoms with Crippen LogP contribution in [0.25, 0.3) is 0 Å². The van der Waals surface area contributed by atoms with Crippen molar-refractivity contribution in [2.24, 2.45) is 0 Å². The zero-order valence-corrected chi connectivity index (χ0v) is 26.1. The Labute approximate surface area is 261 Å². The average Bonchev–Trinajstić information content (AvgIpc) is 3.49. The molecule has 12 heteroatoms. The molecule has 0 aliphatic heterocycles. The van der Waals surface area contributed by atoms with Crippen molar-refractivity contribution < 1.29 is 31.2 Å². The van der Waals surface area contributed by atoms with Crippen molar-refractivity contribution in [3.8, 4) is 0 Å². The summed E-state index contributed by atoms with van der Waals surface area (Å²) >= 11 is 5.83. The van der Waals surface area contributed by atoms with E-state index in [0.717, 1.165) is 48.9 Å². The molecule has 0 saturated heterocycles. The number of hydrogen-bond acceptors (Lipinski definition) is 4. The smallest absolute Gasteiger partial charge is 0.352 e. The highest BCUT2D eigenvalue weighted by Gasteiger charge is 2.37. The minimum absolute atomic E-state index is 0.00991. The van der Waals surface area contributed by atoms with Gasteiger partial charge in [-0.1, -0.05) is 72.5 Å². The molecule has 3 aromatic carbocycles. The molecule has 1 fully saturated rings. The Kier molecular flexibility index (Phi) is 10.6. The van der Waals surface area contributed by atoms with Crippen molar-refractivity contribution in [3.05, 3.63) is 94.5 Å². The summed E-state index contributed by atoms with van der Waals surface area (Å²) in [5.74, 6) is -1.12. The van der Waals surface area contributed by atoms with Crippen LogP contribution in [0, 0.1) is 6.92 Å². The Balaban J connectivity index is 1.72. The van der Waals surface area contributed by atoms with Crippen LogP contribution in [0.4, 0.5) is 18.9 Å². The van der Waals surface area contributed by atoms with Gasteiger partial charge in [-0.05, 0) is 69.0 Å². The number of carbonyl (C=O) groups is 2. The first kappa shape index (κ1) is 33.3. The number of sulfonamides is 1. The predicted molar refractivity (Wildman–Crippen MR) is 164 cm³/mol. The molecule has 1 saturated carbocycles. The fourth-order valence-corrected chi connectivity index (χ4v) is 6.84. The summed E-state index contributed by atoms with van der Waals surface area (Å²) < 4.78 is 69.9. The minimum Gasteiger partial charge on any atom is -0.352 e. The van der Waals surface area contributed by atoms with Crippen LogP contribution >= 0.6 is 11.6 Å². The van der Waals surface area contributed by atoms with Crippen LogP contribution in [0.15, 0.2) is 77.7 Å². The number of hydrogen-bond donors (Lipinski definition) is 1. The van der Waals surface area contributed by atoms with Crippen LogP contribution in [-0.2, 0) is 32.2 Å². The van der Waals surface area contributed by atoms with E-state index in [0.29, 0.717) is 16.8 Å². The van der Waals surface area contributed by atoms with Gasteiger partial charge in [-0.2, -0.15) is 13.2 Å². The van der Waals surface area contributed by atoms with E-state index in [1.165, 1.54) is 17.0 Å². The van der Waals surface area contributed by atoms with E-state index in [2.05, 4.69) is 5.32 Å². The number of amides is 2. The normalized spacial score (nSPS) is 14.7. The van der Waals surface area contributed by atoms with Crippen LogP contribution < -0.4 is 9.62 Å². The van der Waals surface area contributed by atoms with E-state index >= 15 is 0 Å². The Morgan fingerprint density at radius 1 is 1.00 bits per heavy atom. The summed E-state index contributed by atoms with van der Waals surface area (Å²) in [6.45, 7) is 2.56. The molecule has 0 radical (unpaired) electrons. The van der Waals surface area contributed by atoms with Gasteiger partial charge in [0.1, 0.15) is 12.6 Å². The number of halogens is 4. The van der Waals surface area contributed by atoms with E-state index in [9.17, 15) is 31.2 Å². The number of nitrogens with one attached hydrogen (secondary N) is 1. The summed E-state index contributed by atoms with van der Waals surface area (Å²) in [4.78, 5) is 28.4. The van der Waals surface area contributed by atoms with Crippen molar-refractivity contribution in [1.29, 1.82) is 0 Å². The lowest BCUT2D eigenvalue weighted by atomic mass is 10.1. The summed E-state index contributed by atoms with van der Waals surface area (Å²) in [6, 6.07) is 16.7. The lowest BCUT2D eigenvalue weighted by Crippen LogP contribution is -2.53. The van der Waals surface area contributed by atoms with Crippen LogP contribution in [0.3, 0.4) is 0 Å². The molecule has 3 aromatic rings. The number of alkyl halides is 3. The minimum atomic E-state index is -4.87. The molecule has 1 aliphatic rings. The Morgan fingerprint density at radius 3 is 2.25 bits per heavy atom. The van der Waals surface area contributed by atoms with Gasteiger partial charge >= 0.3 is 6.18 Å². The van der Waals surface area contributed by atoms with Crippen molar-refractivity contribution >= 4 is 39.1 Å². The molecule has 0 aromatic heterocycles. The van der Waals surface area contributed by atoms with Crippen molar-refractivity contribution in [2.45, 2.75) is 69.1 Å². The Hall–Kier alpha value is -3.57. The van der Waals surface area contributed by atoms with E-state index in [1.807, 2.05) is 30.3 Å². The maximum atomic E-state index is 14.0. The molecule has 44 heavy (non-hydrogen) atoms. The number of rotatable bonds is 11. The third-order valence-corrected chi connectivity index (χ3v) is 9.90. The van der Waals surface area contributed by atoms with Crippen molar-refractivity contribution in [3.63, 3.8) is 0 Å². The quantitative estimate of drug-likeness (QED) is 0.261. The second-order valence-electron chi connectivity index (χ2n) is 11.0. The molecule has 0 spiro atoms. The second-order valence-corrected chi connectivity index (χ2v) is 13.2. The van der Waals surface area contributed by atoms with Crippen LogP contribution in [0.2, 0.25) is 5.02 Å². The third-order valence-electron chi connectivity index (χ3n) is 7.78. The summed E-state index contributed by atoms with van der Waals surface area (Å²) in [7, 11) is -4.53. The number of carbonyl (C=O) groups excluding carboxylic acids is 2. The molecule has 236 valence electrons. The van der Waals surface area contributed by atoms with Gasteiger partial charge in [-0.15, -0.1) is 0 Å². The topological polar surface area (TPSA) is 86.8 Å². The molecule has 1 N–H and O–H groups in total. The first-order valence-corrected chi connectivity index (χ1v) is 16.2. The van der Waals surface area contributed by atoms with Gasteiger partial charge in [0.2, 0.25) is 11.8 Å². The maximum absolute atomic E-state index is 14.0. The van der Waals surface area contributed by atoms with Gasteiger partial charge in [0.05, 0.1) is 21.2 Å². The van der Waals surface area contributed by atoms with Crippen molar-refractivity contribution in [2.75, 3.05) is 17.4 Å². The molecular weight excluding hydrogens is 615 g/mol. The second kappa shape index (κ2) is 14.0. The van der Waals surface area contributed by atoms with Gasteiger partial charge < -0.3 is 10.2 Å². The predicted octanol–water partition coefficient (Wildman–Crippen LogP) is 6.38. The third kappa shape index (κ3) is 8.12. The number of benzene rings is 3. The van der Waals surface area contributed by atoms with Gasteiger partial charge in [-0.25, -0.2) is 8.42 Å². The van der Waals surface area contributed by atoms with E-state index in [4.69, 9.17) is 11.6 Å².